The van der Waals surface area contributed by atoms with Gasteiger partial charge in [-0.1, -0.05) is 18.2 Å². The first-order chi connectivity index (χ1) is 5.79. The molecular weight excluding hydrogens is 172 g/mol. The standard InChI is InChI=1S/C9H10O2S/c10-9(12)6-7-11-8-4-2-1-3-5-8/h1-5H,6-7H2,(H,10,12). The van der Waals surface area contributed by atoms with Crippen LogP contribution in [0, 0.1) is 0 Å². The van der Waals surface area contributed by atoms with Gasteiger partial charge in [-0.25, -0.2) is 0 Å². The number of ether oxygens (including phenoxy) is 1. The summed E-state index contributed by atoms with van der Waals surface area (Å²) in [6, 6.07) is 9.39. The molecule has 12 heavy (non-hydrogen) atoms. The molecule has 0 radical (unpaired) electrons. The van der Waals surface area contributed by atoms with Crippen LogP contribution in [-0.2, 0) is 4.79 Å². The van der Waals surface area contributed by atoms with Crippen LogP contribution in [0.3, 0.4) is 0 Å². The Kier molecular flexibility index (Phi) is 3.67. The highest BCUT2D eigenvalue weighted by atomic mass is 32.1. The minimum absolute atomic E-state index is 0.147. The van der Waals surface area contributed by atoms with Crippen LogP contribution in [-0.4, -0.2) is 11.7 Å². The first-order valence-corrected chi connectivity index (χ1v) is 4.13. The second kappa shape index (κ2) is 4.83. The van der Waals surface area contributed by atoms with E-state index in [0.717, 1.165) is 5.75 Å². The molecule has 0 bridgehead atoms. The third kappa shape index (κ3) is 3.44. The fourth-order valence-corrected chi connectivity index (χ4v) is 0.864. The van der Waals surface area contributed by atoms with Gasteiger partial charge in [-0.2, -0.15) is 0 Å². The van der Waals surface area contributed by atoms with Crippen molar-refractivity contribution in [2.45, 2.75) is 6.42 Å². The van der Waals surface area contributed by atoms with Crippen LogP contribution in [0.4, 0.5) is 0 Å². The molecule has 0 aliphatic heterocycles. The zero-order chi connectivity index (χ0) is 8.81. The first kappa shape index (κ1) is 9.13. The van der Waals surface area contributed by atoms with Gasteiger partial charge >= 0.3 is 0 Å². The zero-order valence-corrected chi connectivity index (χ0v) is 7.46. The average molecular weight is 182 g/mol. The molecule has 0 heterocycles. The smallest absolute Gasteiger partial charge is 0.189 e. The van der Waals surface area contributed by atoms with Gasteiger partial charge < -0.3 is 4.74 Å². The Bertz CT molecular complexity index is 246. The number of carbonyl (C=O) groups is 1. The van der Waals surface area contributed by atoms with Crippen molar-refractivity contribution in [1.29, 1.82) is 0 Å². The summed E-state index contributed by atoms with van der Waals surface area (Å²) >= 11 is 3.63. The highest BCUT2D eigenvalue weighted by Gasteiger charge is 1.94. The van der Waals surface area contributed by atoms with Crippen LogP contribution in [0.2, 0.25) is 0 Å². The van der Waals surface area contributed by atoms with Crippen LogP contribution >= 0.6 is 12.6 Å². The lowest BCUT2D eigenvalue weighted by molar-refractivity contribution is -0.111. The van der Waals surface area contributed by atoms with Gasteiger partial charge in [-0.15, -0.1) is 12.6 Å². The van der Waals surface area contributed by atoms with Crippen LogP contribution in [0.25, 0.3) is 0 Å². The molecule has 0 unspecified atom stereocenters. The van der Waals surface area contributed by atoms with E-state index in [9.17, 15) is 4.79 Å². The quantitative estimate of drug-likeness (QED) is 0.720. The number of hydrogen-bond acceptors (Lipinski definition) is 2. The molecule has 0 fully saturated rings. The summed E-state index contributed by atoms with van der Waals surface area (Å²) in [6.07, 6.45) is 0.345. The second-order valence-electron chi connectivity index (χ2n) is 2.31. The van der Waals surface area contributed by atoms with Gasteiger partial charge in [0, 0.05) is 0 Å². The van der Waals surface area contributed by atoms with Crippen molar-refractivity contribution in [1.82, 2.24) is 0 Å². The van der Waals surface area contributed by atoms with Crippen molar-refractivity contribution in [3.05, 3.63) is 30.3 Å². The van der Waals surface area contributed by atoms with E-state index in [0.29, 0.717) is 13.0 Å². The summed E-state index contributed by atoms with van der Waals surface area (Å²) in [4.78, 5) is 10.4. The molecule has 1 rings (SSSR count). The maximum Gasteiger partial charge on any atom is 0.189 e. The molecule has 0 aromatic heterocycles. The molecule has 64 valence electrons. The van der Waals surface area contributed by atoms with Crippen molar-refractivity contribution in [2.75, 3.05) is 6.61 Å². The van der Waals surface area contributed by atoms with E-state index in [2.05, 4.69) is 12.6 Å². The fourth-order valence-electron chi connectivity index (χ4n) is 0.773. The summed E-state index contributed by atoms with van der Waals surface area (Å²) in [5, 5.41) is -0.147. The largest absolute Gasteiger partial charge is 0.493 e. The van der Waals surface area contributed by atoms with Crippen molar-refractivity contribution in [3.8, 4) is 5.75 Å². The Morgan fingerprint density at radius 1 is 1.33 bits per heavy atom. The van der Waals surface area contributed by atoms with Gasteiger partial charge in [0.1, 0.15) is 5.75 Å². The maximum atomic E-state index is 10.4. The van der Waals surface area contributed by atoms with E-state index in [1.807, 2.05) is 30.3 Å². The molecule has 0 saturated heterocycles. The summed E-state index contributed by atoms with van der Waals surface area (Å²) < 4.78 is 5.25. The molecule has 0 atom stereocenters. The minimum Gasteiger partial charge on any atom is -0.493 e. The van der Waals surface area contributed by atoms with Crippen LogP contribution in [0.1, 0.15) is 6.42 Å². The van der Waals surface area contributed by atoms with Crippen LogP contribution in [0.5, 0.6) is 5.75 Å². The van der Waals surface area contributed by atoms with Crippen LogP contribution < -0.4 is 4.74 Å². The normalized spacial score (nSPS) is 9.42. The molecule has 3 heteroatoms. The first-order valence-electron chi connectivity index (χ1n) is 3.68. The molecule has 0 spiro atoms. The Morgan fingerprint density at radius 3 is 2.58 bits per heavy atom. The highest BCUT2D eigenvalue weighted by Crippen LogP contribution is 2.08. The van der Waals surface area contributed by atoms with Crippen molar-refractivity contribution >= 4 is 17.7 Å². The lowest BCUT2D eigenvalue weighted by Gasteiger charge is -2.02. The molecule has 1 aromatic carbocycles. The van der Waals surface area contributed by atoms with Gasteiger partial charge in [0.15, 0.2) is 5.12 Å². The van der Waals surface area contributed by atoms with Gasteiger partial charge in [-0.3, -0.25) is 4.79 Å². The third-order valence-electron chi connectivity index (χ3n) is 1.33. The van der Waals surface area contributed by atoms with E-state index in [1.165, 1.54) is 0 Å². The Labute approximate surface area is 77.0 Å². The predicted octanol–water partition coefficient (Wildman–Crippen LogP) is 1.91. The molecule has 0 N–H and O–H groups in total. The SMILES string of the molecule is O=C(S)CCOc1ccccc1. The summed E-state index contributed by atoms with van der Waals surface area (Å²) in [5.74, 6) is 0.784. The number of carbonyl (C=O) groups excluding carboxylic acids is 1. The molecule has 1 aromatic rings. The van der Waals surface area contributed by atoms with E-state index < -0.39 is 0 Å². The van der Waals surface area contributed by atoms with E-state index in [4.69, 9.17) is 4.74 Å². The molecule has 0 saturated carbocycles. The molecular formula is C9H10O2S. The Hall–Kier alpha value is -0.960. The number of benzene rings is 1. The van der Waals surface area contributed by atoms with E-state index >= 15 is 0 Å². The van der Waals surface area contributed by atoms with Gasteiger partial charge in [0.2, 0.25) is 0 Å². The summed E-state index contributed by atoms with van der Waals surface area (Å²) in [6.45, 7) is 0.395. The number of hydrogen-bond donors (Lipinski definition) is 1. The maximum absolute atomic E-state index is 10.4. The van der Waals surface area contributed by atoms with Gasteiger partial charge in [0.05, 0.1) is 13.0 Å². The topological polar surface area (TPSA) is 26.3 Å². The average Bonchev–Trinajstić information content (AvgIpc) is 2.05. The van der Waals surface area contributed by atoms with Gasteiger partial charge in [-0.05, 0) is 12.1 Å². The number of rotatable bonds is 4. The minimum atomic E-state index is -0.147. The van der Waals surface area contributed by atoms with Gasteiger partial charge in [0.25, 0.3) is 0 Å². The number of thiol groups is 1. The molecule has 2 nitrogen and oxygen atoms in total. The monoisotopic (exact) mass is 182 g/mol. The highest BCUT2D eigenvalue weighted by molar-refractivity contribution is 7.96. The molecule has 0 amide bonds. The van der Waals surface area contributed by atoms with Crippen molar-refractivity contribution in [3.63, 3.8) is 0 Å². The summed E-state index contributed by atoms with van der Waals surface area (Å²) in [5.41, 5.74) is 0. The zero-order valence-electron chi connectivity index (χ0n) is 6.56. The lowest BCUT2D eigenvalue weighted by Crippen LogP contribution is -2.00. The summed E-state index contributed by atoms with van der Waals surface area (Å²) in [7, 11) is 0. The fraction of sp³-hybridized carbons (Fsp3) is 0.222. The Balaban J connectivity index is 2.29. The van der Waals surface area contributed by atoms with Crippen molar-refractivity contribution in [2.24, 2.45) is 0 Å². The lowest BCUT2D eigenvalue weighted by atomic mass is 10.3. The third-order valence-corrected chi connectivity index (χ3v) is 1.55. The second-order valence-corrected chi connectivity index (χ2v) is 2.80. The molecule has 0 aliphatic rings. The molecule has 0 aliphatic carbocycles. The van der Waals surface area contributed by atoms with Crippen LogP contribution in [0.15, 0.2) is 30.3 Å². The predicted molar refractivity (Wildman–Crippen MR) is 50.5 cm³/mol. The van der Waals surface area contributed by atoms with E-state index in [1.54, 1.807) is 0 Å². The number of para-hydroxylation sites is 1. The van der Waals surface area contributed by atoms with E-state index in [-0.39, 0.29) is 5.12 Å². The van der Waals surface area contributed by atoms with Crippen molar-refractivity contribution < 1.29 is 9.53 Å². The Morgan fingerprint density at radius 2 is 2.00 bits per heavy atom.